The zero-order valence-corrected chi connectivity index (χ0v) is 34.9. The van der Waals surface area contributed by atoms with E-state index in [1.165, 1.54) is 57.8 Å². The van der Waals surface area contributed by atoms with Gasteiger partial charge in [-0.25, -0.2) is 0 Å². The minimum atomic E-state index is -4.60. The molecule has 0 heterocycles. The largest absolute Gasteiger partial charge is 0.756 e. The molecule has 8 nitrogen and oxygen atoms in total. The molecular formula is C43H79N2O6P. The molecule has 3 unspecified atom stereocenters. The number of carbonyl (C=O) groups is 1. The predicted octanol–water partition coefficient (Wildman–Crippen LogP) is 10.4. The second-order valence-electron chi connectivity index (χ2n) is 14.9. The van der Waals surface area contributed by atoms with E-state index in [-0.39, 0.29) is 12.5 Å². The second kappa shape index (κ2) is 34.9. The van der Waals surface area contributed by atoms with Crippen LogP contribution < -0.4 is 10.2 Å². The standard InChI is InChI=1S/C43H79N2O6P/c1-6-8-10-12-14-16-18-20-22-24-26-28-30-32-34-36-42(46)41(40-51-52(48,49)50-39-38-45(3,4)5)44-43(47)37-35-33-31-29-27-25-23-21-19-17-15-13-11-9-7-2/h9,11,15,17,21,23,26,28,34,36,41-42,46H,6-8,10,12-14,16,18-20,22,24-25,27,29-33,35,37-40H2,1-5H3,(H-,44,47,48,49)/b11-9-,17-15-,23-21-,28-26+,36-34+. The van der Waals surface area contributed by atoms with E-state index >= 15 is 0 Å². The molecule has 0 saturated carbocycles. The van der Waals surface area contributed by atoms with Crippen LogP contribution in [0.3, 0.4) is 0 Å². The molecular weight excluding hydrogens is 671 g/mol. The summed E-state index contributed by atoms with van der Waals surface area (Å²) in [7, 11) is 1.22. The number of aliphatic hydroxyl groups excluding tert-OH is 1. The van der Waals surface area contributed by atoms with Crippen molar-refractivity contribution in [3.8, 4) is 0 Å². The van der Waals surface area contributed by atoms with Gasteiger partial charge < -0.3 is 28.8 Å². The molecule has 0 bridgehead atoms. The Labute approximate surface area is 320 Å². The molecule has 0 rings (SSSR count). The molecule has 52 heavy (non-hydrogen) atoms. The number of nitrogens with zero attached hydrogens (tertiary/aromatic N) is 1. The highest BCUT2D eigenvalue weighted by Gasteiger charge is 2.23. The molecule has 0 aromatic heterocycles. The SMILES string of the molecule is CC/C=C\C/C=C\C/C=C\CCCCCCCC(=O)NC(COP(=O)([O-])OCC[N+](C)(C)C)C(O)/C=C/CC/C=C/CCCCCCCCCCC. The molecule has 2 N–H and O–H groups in total. The maximum Gasteiger partial charge on any atom is 0.268 e. The van der Waals surface area contributed by atoms with Crippen molar-refractivity contribution in [2.24, 2.45) is 0 Å². The van der Waals surface area contributed by atoms with Crippen LogP contribution in [0.2, 0.25) is 0 Å². The van der Waals surface area contributed by atoms with Crippen molar-refractivity contribution >= 4 is 13.7 Å². The van der Waals surface area contributed by atoms with Crippen LogP contribution in [-0.2, 0) is 18.4 Å². The minimum absolute atomic E-state index is 0.0127. The molecule has 9 heteroatoms. The molecule has 0 aliphatic carbocycles. The predicted molar refractivity (Wildman–Crippen MR) is 219 cm³/mol. The molecule has 0 aromatic carbocycles. The maximum atomic E-state index is 12.8. The van der Waals surface area contributed by atoms with Crippen molar-refractivity contribution in [3.63, 3.8) is 0 Å². The fraction of sp³-hybridized carbons (Fsp3) is 0.744. The number of quaternary nitrogens is 1. The lowest BCUT2D eigenvalue weighted by Gasteiger charge is -2.29. The molecule has 0 aliphatic heterocycles. The fourth-order valence-corrected chi connectivity index (χ4v) is 6.14. The average Bonchev–Trinajstić information content (AvgIpc) is 3.09. The molecule has 0 aromatic rings. The van der Waals surface area contributed by atoms with Gasteiger partial charge in [0, 0.05) is 6.42 Å². The van der Waals surface area contributed by atoms with Gasteiger partial charge in [0.05, 0.1) is 39.9 Å². The Hall–Kier alpha value is -1.80. The van der Waals surface area contributed by atoms with Crippen LogP contribution in [0.4, 0.5) is 0 Å². The topological polar surface area (TPSA) is 108 Å². The number of unbranched alkanes of at least 4 members (excludes halogenated alkanes) is 15. The van der Waals surface area contributed by atoms with E-state index in [0.717, 1.165) is 77.0 Å². The summed E-state index contributed by atoms with van der Waals surface area (Å²) in [6.45, 7) is 4.47. The smallest absolute Gasteiger partial charge is 0.268 e. The van der Waals surface area contributed by atoms with E-state index in [2.05, 4.69) is 67.8 Å². The van der Waals surface area contributed by atoms with E-state index < -0.39 is 26.6 Å². The summed E-state index contributed by atoms with van der Waals surface area (Å²) in [5, 5.41) is 13.7. The van der Waals surface area contributed by atoms with Gasteiger partial charge in [0.25, 0.3) is 7.82 Å². The number of amides is 1. The van der Waals surface area contributed by atoms with Gasteiger partial charge in [0.2, 0.25) is 5.91 Å². The van der Waals surface area contributed by atoms with Crippen LogP contribution in [0.25, 0.3) is 0 Å². The molecule has 0 spiro atoms. The molecule has 3 atom stereocenters. The molecule has 0 fully saturated rings. The van der Waals surface area contributed by atoms with E-state index in [1.807, 2.05) is 27.2 Å². The van der Waals surface area contributed by atoms with Crippen LogP contribution in [0.5, 0.6) is 0 Å². The highest BCUT2D eigenvalue weighted by atomic mass is 31.2. The summed E-state index contributed by atoms with van der Waals surface area (Å²) >= 11 is 0. The van der Waals surface area contributed by atoms with E-state index in [4.69, 9.17) is 9.05 Å². The number of likely N-dealkylation sites (N-methyl/N-ethyl adjacent to an activating group) is 1. The van der Waals surface area contributed by atoms with Crippen LogP contribution in [0.1, 0.15) is 155 Å². The quantitative estimate of drug-likeness (QED) is 0.0286. The number of allylic oxidation sites excluding steroid dienone is 9. The van der Waals surface area contributed by atoms with Gasteiger partial charge in [-0.2, -0.15) is 0 Å². The monoisotopic (exact) mass is 751 g/mol. The highest BCUT2D eigenvalue weighted by molar-refractivity contribution is 7.45. The van der Waals surface area contributed by atoms with Gasteiger partial charge in [0.15, 0.2) is 0 Å². The van der Waals surface area contributed by atoms with Gasteiger partial charge in [-0.3, -0.25) is 9.36 Å². The van der Waals surface area contributed by atoms with E-state index in [0.29, 0.717) is 17.4 Å². The lowest BCUT2D eigenvalue weighted by molar-refractivity contribution is -0.870. The number of aliphatic hydroxyl groups is 1. The first-order valence-electron chi connectivity index (χ1n) is 20.7. The Balaban J connectivity index is 4.58. The van der Waals surface area contributed by atoms with Gasteiger partial charge in [-0.1, -0.05) is 145 Å². The summed E-state index contributed by atoms with van der Waals surface area (Å²) < 4.78 is 23.1. The van der Waals surface area contributed by atoms with Crippen molar-refractivity contribution in [2.75, 3.05) is 40.9 Å². The van der Waals surface area contributed by atoms with Gasteiger partial charge in [-0.05, 0) is 64.2 Å². The molecule has 1 amide bonds. The number of carbonyl (C=O) groups excluding carboxylic acids is 1. The number of hydrogen-bond donors (Lipinski definition) is 2. The lowest BCUT2D eigenvalue weighted by Crippen LogP contribution is -2.45. The Morgan fingerprint density at radius 1 is 0.692 bits per heavy atom. The lowest BCUT2D eigenvalue weighted by atomic mass is 10.1. The van der Waals surface area contributed by atoms with Gasteiger partial charge in [0.1, 0.15) is 13.2 Å². The third-order valence-electron chi connectivity index (χ3n) is 8.71. The Bertz CT molecular complexity index is 1030. The number of phosphoric acid groups is 1. The maximum absolute atomic E-state index is 12.8. The highest BCUT2D eigenvalue weighted by Crippen LogP contribution is 2.38. The third-order valence-corrected chi connectivity index (χ3v) is 9.68. The van der Waals surface area contributed by atoms with Crippen LogP contribution in [0.15, 0.2) is 60.8 Å². The van der Waals surface area contributed by atoms with E-state index in [1.54, 1.807) is 6.08 Å². The summed E-state index contributed by atoms with van der Waals surface area (Å²) in [6, 6.07) is -0.912. The van der Waals surface area contributed by atoms with Crippen molar-refractivity contribution in [1.29, 1.82) is 0 Å². The van der Waals surface area contributed by atoms with E-state index in [9.17, 15) is 19.4 Å². The number of phosphoric ester groups is 1. The third kappa shape index (κ3) is 36.6. The molecule has 302 valence electrons. The summed E-state index contributed by atoms with van der Waals surface area (Å²) in [6.07, 6.45) is 44.1. The normalized spacial score (nSPS) is 15.1. The van der Waals surface area contributed by atoms with Crippen molar-refractivity contribution < 1.29 is 32.9 Å². The zero-order valence-electron chi connectivity index (χ0n) is 34.0. The zero-order chi connectivity index (χ0) is 38.6. The Morgan fingerprint density at radius 2 is 1.19 bits per heavy atom. The molecule has 0 radical (unpaired) electrons. The van der Waals surface area contributed by atoms with Crippen molar-refractivity contribution in [3.05, 3.63) is 60.8 Å². The number of hydrogen-bond acceptors (Lipinski definition) is 6. The minimum Gasteiger partial charge on any atom is -0.756 e. The van der Waals surface area contributed by atoms with Gasteiger partial charge in [-0.15, -0.1) is 0 Å². The first-order chi connectivity index (χ1) is 25.0. The van der Waals surface area contributed by atoms with Crippen molar-refractivity contribution in [1.82, 2.24) is 5.32 Å². The molecule has 0 aliphatic rings. The van der Waals surface area contributed by atoms with Crippen LogP contribution in [0, 0.1) is 0 Å². The number of nitrogens with one attached hydrogen (secondary N) is 1. The summed E-state index contributed by atoms with van der Waals surface area (Å²) in [5.74, 6) is -0.228. The van der Waals surface area contributed by atoms with Crippen LogP contribution in [-0.4, -0.2) is 68.5 Å². The van der Waals surface area contributed by atoms with Gasteiger partial charge >= 0.3 is 0 Å². The average molecular weight is 751 g/mol. The second-order valence-corrected chi connectivity index (χ2v) is 16.4. The first kappa shape index (κ1) is 50.2. The van der Waals surface area contributed by atoms with Crippen molar-refractivity contribution in [2.45, 2.75) is 167 Å². The Morgan fingerprint density at radius 3 is 1.79 bits per heavy atom. The Kier molecular flexibility index (Phi) is 33.7. The fourth-order valence-electron chi connectivity index (χ4n) is 5.42. The molecule has 0 saturated heterocycles. The first-order valence-corrected chi connectivity index (χ1v) is 22.1. The summed E-state index contributed by atoms with van der Waals surface area (Å²) in [5.41, 5.74) is 0. The number of rotatable bonds is 36. The van der Waals surface area contributed by atoms with Crippen LogP contribution >= 0.6 is 7.82 Å². The summed E-state index contributed by atoms with van der Waals surface area (Å²) in [4.78, 5) is 25.2.